The molecule has 0 aromatic rings. The summed E-state index contributed by atoms with van der Waals surface area (Å²) in [5.74, 6) is -0.252. The Hall–Kier alpha value is -1.30. The van der Waals surface area contributed by atoms with Gasteiger partial charge in [-0.25, -0.2) is 4.79 Å². The molecule has 1 aliphatic rings. The van der Waals surface area contributed by atoms with Gasteiger partial charge in [0, 0.05) is 13.1 Å². The number of likely N-dealkylation sites (tertiary alicyclic amines) is 1. The minimum atomic E-state index is -0.958. The smallest absolute Gasteiger partial charge is 0.408 e. The monoisotopic (exact) mass is 272 g/mol. The number of aliphatic hydroxyl groups is 1. The predicted molar refractivity (Wildman–Crippen MR) is 70.7 cm³/mol. The van der Waals surface area contributed by atoms with Crippen LogP contribution < -0.4 is 5.32 Å². The molecular formula is C13H24N2O4. The second kappa shape index (κ2) is 6.23. The molecule has 2 N–H and O–H groups in total. The van der Waals surface area contributed by atoms with Gasteiger partial charge >= 0.3 is 6.09 Å². The number of nitrogens with zero attached hydrogens (tertiary/aromatic N) is 1. The lowest BCUT2D eigenvalue weighted by Crippen LogP contribution is -2.53. The van der Waals surface area contributed by atoms with Crippen molar-refractivity contribution in [1.29, 1.82) is 0 Å². The Balaban J connectivity index is 2.62. The molecule has 0 aromatic carbocycles. The Morgan fingerprint density at radius 3 is 2.21 bits per heavy atom. The van der Waals surface area contributed by atoms with E-state index in [2.05, 4.69) is 5.32 Å². The number of amides is 2. The predicted octanol–water partition coefficient (Wildman–Crippen LogP) is 0.883. The highest BCUT2D eigenvalue weighted by molar-refractivity contribution is 5.86. The van der Waals surface area contributed by atoms with E-state index in [1.165, 1.54) is 6.92 Å². The van der Waals surface area contributed by atoms with Gasteiger partial charge < -0.3 is 20.1 Å². The van der Waals surface area contributed by atoms with E-state index in [4.69, 9.17) is 4.74 Å². The third-order valence-corrected chi connectivity index (χ3v) is 2.84. The first-order chi connectivity index (χ1) is 8.70. The average molecular weight is 272 g/mol. The van der Waals surface area contributed by atoms with Gasteiger partial charge in [0.05, 0.1) is 6.10 Å². The van der Waals surface area contributed by atoms with Crippen molar-refractivity contribution in [3.63, 3.8) is 0 Å². The fourth-order valence-corrected chi connectivity index (χ4v) is 1.96. The molecule has 0 aromatic heterocycles. The van der Waals surface area contributed by atoms with E-state index in [-0.39, 0.29) is 5.91 Å². The van der Waals surface area contributed by atoms with Crippen LogP contribution in [0.2, 0.25) is 0 Å². The van der Waals surface area contributed by atoms with Crippen LogP contribution >= 0.6 is 0 Å². The van der Waals surface area contributed by atoms with Gasteiger partial charge in [0.25, 0.3) is 0 Å². The lowest BCUT2D eigenvalue weighted by atomic mass is 10.1. The van der Waals surface area contributed by atoms with Gasteiger partial charge in [-0.2, -0.15) is 0 Å². The van der Waals surface area contributed by atoms with Crippen LogP contribution in [-0.4, -0.2) is 52.8 Å². The molecule has 1 rings (SSSR count). The van der Waals surface area contributed by atoms with Crippen LogP contribution in [0, 0.1) is 0 Å². The van der Waals surface area contributed by atoms with Gasteiger partial charge in [-0.05, 0) is 40.5 Å². The molecule has 1 fully saturated rings. The van der Waals surface area contributed by atoms with Crippen LogP contribution in [0.5, 0.6) is 0 Å². The summed E-state index contributed by atoms with van der Waals surface area (Å²) < 4.78 is 5.10. The normalized spacial score (nSPS) is 18.9. The molecular weight excluding hydrogens is 248 g/mol. The molecule has 6 nitrogen and oxygen atoms in total. The Labute approximate surface area is 114 Å². The molecule has 0 radical (unpaired) electrons. The second-order valence-corrected chi connectivity index (χ2v) is 5.90. The molecule has 1 heterocycles. The van der Waals surface area contributed by atoms with E-state index in [1.54, 1.807) is 25.7 Å². The summed E-state index contributed by atoms with van der Waals surface area (Å²) in [7, 11) is 0. The van der Waals surface area contributed by atoms with Gasteiger partial charge in [-0.3, -0.25) is 4.79 Å². The van der Waals surface area contributed by atoms with Crippen molar-refractivity contribution in [1.82, 2.24) is 10.2 Å². The van der Waals surface area contributed by atoms with Crippen molar-refractivity contribution in [3.05, 3.63) is 0 Å². The van der Waals surface area contributed by atoms with Crippen molar-refractivity contribution in [2.24, 2.45) is 0 Å². The minimum Gasteiger partial charge on any atom is -0.444 e. The molecule has 0 bridgehead atoms. The van der Waals surface area contributed by atoms with E-state index >= 15 is 0 Å². The van der Waals surface area contributed by atoms with Gasteiger partial charge in [0.2, 0.25) is 5.91 Å². The molecule has 0 spiro atoms. The number of aliphatic hydroxyl groups excluding tert-OH is 1. The highest BCUT2D eigenvalue weighted by Crippen LogP contribution is 2.12. The Bertz CT molecular complexity index is 330. The Kier molecular flexibility index (Phi) is 5.17. The van der Waals surface area contributed by atoms with Crippen molar-refractivity contribution >= 4 is 12.0 Å². The molecule has 0 saturated carbocycles. The van der Waals surface area contributed by atoms with Crippen LogP contribution in [-0.2, 0) is 9.53 Å². The first-order valence-corrected chi connectivity index (χ1v) is 6.67. The largest absolute Gasteiger partial charge is 0.444 e. The van der Waals surface area contributed by atoms with Gasteiger partial charge in [0.15, 0.2) is 0 Å². The zero-order valence-electron chi connectivity index (χ0n) is 12.1. The molecule has 1 aliphatic heterocycles. The van der Waals surface area contributed by atoms with E-state index in [0.29, 0.717) is 13.1 Å². The lowest BCUT2D eigenvalue weighted by Gasteiger charge is -2.27. The molecule has 2 atom stereocenters. The van der Waals surface area contributed by atoms with Crippen LogP contribution in [0.15, 0.2) is 0 Å². The van der Waals surface area contributed by atoms with Gasteiger partial charge in [-0.1, -0.05) is 0 Å². The summed E-state index contributed by atoms with van der Waals surface area (Å²) in [6.07, 6.45) is 0.279. The minimum absolute atomic E-state index is 0.252. The second-order valence-electron chi connectivity index (χ2n) is 5.90. The summed E-state index contributed by atoms with van der Waals surface area (Å²) in [5.41, 5.74) is -0.635. The number of hydrogen-bond acceptors (Lipinski definition) is 4. The van der Waals surface area contributed by atoms with E-state index in [0.717, 1.165) is 12.8 Å². The van der Waals surface area contributed by atoms with E-state index in [9.17, 15) is 14.7 Å². The van der Waals surface area contributed by atoms with Crippen LogP contribution in [0.1, 0.15) is 40.5 Å². The highest BCUT2D eigenvalue weighted by atomic mass is 16.6. The average Bonchev–Trinajstić information content (AvgIpc) is 2.75. The fraction of sp³-hybridized carbons (Fsp3) is 0.846. The SMILES string of the molecule is CC(O)C(NC(=O)OC(C)(C)C)C(=O)N1CCCC1. The fourth-order valence-electron chi connectivity index (χ4n) is 1.96. The summed E-state index contributed by atoms with van der Waals surface area (Å²) in [6.45, 7) is 8.07. The number of rotatable bonds is 3. The topological polar surface area (TPSA) is 78.9 Å². The van der Waals surface area contributed by atoms with Gasteiger partial charge in [-0.15, -0.1) is 0 Å². The summed E-state index contributed by atoms with van der Waals surface area (Å²) in [4.78, 5) is 25.5. The Morgan fingerprint density at radius 2 is 1.79 bits per heavy atom. The number of ether oxygens (including phenoxy) is 1. The van der Waals surface area contributed by atoms with Crippen molar-refractivity contribution < 1.29 is 19.4 Å². The van der Waals surface area contributed by atoms with Crippen molar-refractivity contribution in [2.45, 2.75) is 58.3 Å². The van der Waals surface area contributed by atoms with Gasteiger partial charge in [0.1, 0.15) is 11.6 Å². The van der Waals surface area contributed by atoms with E-state index < -0.39 is 23.8 Å². The zero-order chi connectivity index (χ0) is 14.6. The first-order valence-electron chi connectivity index (χ1n) is 6.67. The summed E-state index contributed by atoms with van der Waals surface area (Å²) in [6, 6.07) is -0.951. The summed E-state index contributed by atoms with van der Waals surface area (Å²) >= 11 is 0. The third kappa shape index (κ3) is 5.06. The van der Waals surface area contributed by atoms with Crippen LogP contribution in [0.4, 0.5) is 4.79 Å². The third-order valence-electron chi connectivity index (χ3n) is 2.84. The molecule has 0 aliphatic carbocycles. The number of hydrogen-bond donors (Lipinski definition) is 2. The molecule has 2 unspecified atom stereocenters. The number of nitrogens with one attached hydrogen (secondary N) is 1. The quantitative estimate of drug-likeness (QED) is 0.799. The Morgan fingerprint density at radius 1 is 1.26 bits per heavy atom. The summed E-state index contributed by atoms with van der Waals surface area (Å²) in [5, 5.41) is 12.1. The molecule has 2 amide bonds. The number of alkyl carbamates (subject to hydrolysis) is 1. The molecule has 6 heteroatoms. The maximum absolute atomic E-state index is 12.2. The first kappa shape index (κ1) is 15.8. The highest BCUT2D eigenvalue weighted by Gasteiger charge is 2.32. The zero-order valence-corrected chi connectivity index (χ0v) is 12.1. The molecule has 1 saturated heterocycles. The van der Waals surface area contributed by atoms with Crippen LogP contribution in [0.25, 0.3) is 0 Å². The van der Waals surface area contributed by atoms with E-state index in [1.807, 2.05) is 0 Å². The standard InChI is InChI=1S/C13H24N2O4/c1-9(16)10(11(17)15-7-5-6-8-15)14-12(18)19-13(2,3)4/h9-10,16H,5-8H2,1-4H3,(H,14,18). The molecule has 110 valence electrons. The molecule has 19 heavy (non-hydrogen) atoms. The maximum Gasteiger partial charge on any atom is 0.408 e. The number of carbonyl (C=O) groups excluding carboxylic acids is 2. The van der Waals surface area contributed by atoms with Crippen molar-refractivity contribution in [3.8, 4) is 0 Å². The van der Waals surface area contributed by atoms with Crippen molar-refractivity contribution in [2.75, 3.05) is 13.1 Å². The number of carbonyl (C=O) groups is 2. The maximum atomic E-state index is 12.2. The lowest BCUT2D eigenvalue weighted by molar-refractivity contribution is -0.134. The van der Waals surface area contributed by atoms with Crippen LogP contribution in [0.3, 0.4) is 0 Å².